The molecule has 0 saturated heterocycles. The van der Waals surface area contributed by atoms with Crippen molar-refractivity contribution in [3.05, 3.63) is 11.6 Å². The highest BCUT2D eigenvalue weighted by Gasteiger charge is 2.21. The normalized spacial score (nSPS) is 9.78. The summed E-state index contributed by atoms with van der Waals surface area (Å²) in [6, 6.07) is 1.53. The van der Waals surface area contributed by atoms with Crippen LogP contribution in [-0.4, -0.2) is 33.8 Å². The van der Waals surface area contributed by atoms with E-state index in [-0.39, 0.29) is 17.3 Å². The molecule has 1 aromatic carbocycles. The SMILES string of the molecule is CCNC(=O)c1cc(OC)c(OC)c(OC)c1N. The Bertz CT molecular complexity index is 446. The summed E-state index contributed by atoms with van der Waals surface area (Å²) < 4.78 is 15.5. The maximum atomic E-state index is 11.9. The van der Waals surface area contributed by atoms with E-state index < -0.39 is 0 Å². The molecule has 0 saturated carbocycles. The van der Waals surface area contributed by atoms with Crippen LogP contribution in [0.25, 0.3) is 0 Å². The molecule has 0 aliphatic heterocycles. The fourth-order valence-electron chi connectivity index (χ4n) is 1.62. The summed E-state index contributed by atoms with van der Waals surface area (Å²) in [5.41, 5.74) is 6.42. The van der Waals surface area contributed by atoms with Gasteiger partial charge in [0, 0.05) is 6.54 Å². The summed E-state index contributed by atoms with van der Waals surface area (Å²) in [7, 11) is 4.41. The first-order valence-electron chi connectivity index (χ1n) is 5.47. The van der Waals surface area contributed by atoms with Crippen LogP contribution < -0.4 is 25.3 Å². The van der Waals surface area contributed by atoms with Gasteiger partial charge in [-0.25, -0.2) is 0 Å². The quantitative estimate of drug-likeness (QED) is 0.767. The van der Waals surface area contributed by atoms with Gasteiger partial charge < -0.3 is 25.3 Å². The fraction of sp³-hybridized carbons (Fsp3) is 0.417. The molecule has 1 rings (SSSR count). The first kappa shape index (κ1) is 14.0. The van der Waals surface area contributed by atoms with Gasteiger partial charge in [0.15, 0.2) is 11.5 Å². The number of carbonyl (C=O) groups is 1. The Morgan fingerprint density at radius 3 is 2.28 bits per heavy atom. The molecule has 1 amide bonds. The summed E-state index contributed by atoms with van der Waals surface area (Å²) in [5, 5.41) is 2.67. The van der Waals surface area contributed by atoms with Crippen LogP contribution in [0.4, 0.5) is 5.69 Å². The van der Waals surface area contributed by atoms with E-state index >= 15 is 0 Å². The number of benzene rings is 1. The molecule has 0 spiro atoms. The summed E-state index contributed by atoms with van der Waals surface area (Å²) in [4.78, 5) is 11.9. The van der Waals surface area contributed by atoms with E-state index in [0.29, 0.717) is 23.6 Å². The molecular formula is C12H18N2O4. The molecule has 0 aliphatic carbocycles. The third kappa shape index (κ3) is 2.42. The Morgan fingerprint density at radius 1 is 1.22 bits per heavy atom. The standard InChI is InChI=1S/C12H18N2O4/c1-5-14-12(15)7-6-8(16-2)10(17-3)11(18-4)9(7)13/h6H,5,13H2,1-4H3,(H,14,15). The van der Waals surface area contributed by atoms with Gasteiger partial charge >= 0.3 is 0 Å². The van der Waals surface area contributed by atoms with Crippen molar-refractivity contribution in [1.82, 2.24) is 5.32 Å². The Morgan fingerprint density at radius 2 is 1.83 bits per heavy atom. The fourth-order valence-corrected chi connectivity index (χ4v) is 1.62. The van der Waals surface area contributed by atoms with Crippen LogP contribution >= 0.6 is 0 Å². The first-order valence-corrected chi connectivity index (χ1v) is 5.47. The third-order valence-corrected chi connectivity index (χ3v) is 2.45. The minimum Gasteiger partial charge on any atom is -0.493 e. The molecular weight excluding hydrogens is 236 g/mol. The highest BCUT2D eigenvalue weighted by atomic mass is 16.5. The van der Waals surface area contributed by atoms with E-state index in [1.54, 1.807) is 0 Å². The zero-order valence-electron chi connectivity index (χ0n) is 11.0. The van der Waals surface area contributed by atoms with Crippen LogP contribution in [0.1, 0.15) is 17.3 Å². The summed E-state index contributed by atoms with van der Waals surface area (Å²) in [6.07, 6.45) is 0. The zero-order valence-corrected chi connectivity index (χ0v) is 11.0. The van der Waals surface area contributed by atoms with Crippen LogP contribution in [-0.2, 0) is 0 Å². The van der Waals surface area contributed by atoms with E-state index in [9.17, 15) is 4.79 Å². The van der Waals surface area contributed by atoms with E-state index in [0.717, 1.165) is 0 Å². The number of nitrogen functional groups attached to an aromatic ring is 1. The molecule has 1 aromatic rings. The van der Waals surface area contributed by atoms with E-state index in [2.05, 4.69) is 5.32 Å². The number of hydrogen-bond donors (Lipinski definition) is 2. The molecule has 0 aliphatic rings. The van der Waals surface area contributed by atoms with Crippen LogP contribution in [0.5, 0.6) is 17.2 Å². The van der Waals surface area contributed by atoms with Gasteiger partial charge in [0.25, 0.3) is 5.91 Å². The molecule has 0 radical (unpaired) electrons. The number of anilines is 1. The average molecular weight is 254 g/mol. The Labute approximate surface area is 106 Å². The van der Waals surface area contributed by atoms with Crippen LogP contribution in [0.3, 0.4) is 0 Å². The van der Waals surface area contributed by atoms with E-state index in [4.69, 9.17) is 19.9 Å². The van der Waals surface area contributed by atoms with E-state index in [1.165, 1.54) is 27.4 Å². The maximum Gasteiger partial charge on any atom is 0.253 e. The Hall–Kier alpha value is -2.11. The minimum absolute atomic E-state index is 0.223. The van der Waals surface area contributed by atoms with Gasteiger partial charge in [-0.3, -0.25) is 4.79 Å². The van der Waals surface area contributed by atoms with Crippen molar-refractivity contribution in [2.75, 3.05) is 33.6 Å². The van der Waals surface area contributed by atoms with Gasteiger partial charge in [-0.15, -0.1) is 0 Å². The lowest BCUT2D eigenvalue weighted by molar-refractivity contribution is 0.0956. The molecule has 3 N–H and O–H groups in total. The summed E-state index contributed by atoms with van der Waals surface area (Å²) in [6.45, 7) is 2.33. The predicted octanol–water partition coefficient (Wildman–Crippen LogP) is 1.04. The highest BCUT2D eigenvalue weighted by Crippen LogP contribution is 2.43. The molecule has 0 fully saturated rings. The molecule has 0 unspecified atom stereocenters. The van der Waals surface area contributed by atoms with Gasteiger partial charge in [0.05, 0.1) is 32.6 Å². The van der Waals surface area contributed by atoms with Gasteiger partial charge in [-0.2, -0.15) is 0 Å². The second kappa shape index (κ2) is 6.00. The number of rotatable bonds is 5. The van der Waals surface area contributed by atoms with Gasteiger partial charge in [0.1, 0.15) is 0 Å². The molecule has 0 bridgehead atoms. The van der Waals surface area contributed by atoms with Crippen molar-refractivity contribution >= 4 is 11.6 Å². The Balaban J connectivity index is 3.41. The third-order valence-electron chi connectivity index (χ3n) is 2.45. The lowest BCUT2D eigenvalue weighted by Crippen LogP contribution is -2.24. The number of ether oxygens (including phenoxy) is 3. The number of amides is 1. The minimum atomic E-state index is -0.283. The summed E-state index contributed by atoms with van der Waals surface area (Å²) >= 11 is 0. The summed E-state index contributed by atoms with van der Waals surface area (Å²) in [5.74, 6) is 0.766. The number of nitrogens with two attached hydrogens (primary N) is 1. The smallest absolute Gasteiger partial charge is 0.253 e. The Kier molecular flexibility index (Phi) is 4.65. The van der Waals surface area contributed by atoms with Crippen molar-refractivity contribution in [2.24, 2.45) is 0 Å². The number of nitrogens with one attached hydrogen (secondary N) is 1. The lowest BCUT2D eigenvalue weighted by Gasteiger charge is -2.16. The number of hydrogen-bond acceptors (Lipinski definition) is 5. The second-order valence-corrected chi connectivity index (χ2v) is 3.47. The van der Waals surface area contributed by atoms with Crippen molar-refractivity contribution in [3.63, 3.8) is 0 Å². The zero-order chi connectivity index (χ0) is 13.7. The molecule has 18 heavy (non-hydrogen) atoms. The second-order valence-electron chi connectivity index (χ2n) is 3.47. The van der Waals surface area contributed by atoms with Gasteiger partial charge in [-0.05, 0) is 13.0 Å². The highest BCUT2D eigenvalue weighted by molar-refractivity contribution is 6.01. The van der Waals surface area contributed by atoms with E-state index in [1.807, 2.05) is 6.92 Å². The van der Waals surface area contributed by atoms with Crippen LogP contribution in [0.15, 0.2) is 6.07 Å². The molecule has 6 heteroatoms. The van der Waals surface area contributed by atoms with Crippen molar-refractivity contribution < 1.29 is 19.0 Å². The molecule has 100 valence electrons. The van der Waals surface area contributed by atoms with Gasteiger partial charge in [0.2, 0.25) is 5.75 Å². The van der Waals surface area contributed by atoms with Crippen molar-refractivity contribution in [2.45, 2.75) is 6.92 Å². The molecule has 0 heterocycles. The van der Waals surface area contributed by atoms with Gasteiger partial charge in [-0.1, -0.05) is 0 Å². The molecule has 0 aromatic heterocycles. The number of methoxy groups -OCH3 is 3. The number of carbonyl (C=O) groups excluding carboxylic acids is 1. The van der Waals surface area contributed by atoms with Crippen LogP contribution in [0, 0.1) is 0 Å². The average Bonchev–Trinajstić information content (AvgIpc) is 2.38. The largest absolute Gasteiger partial charge is 0.493 e. The lowest BCUT2D eigenvalue weighted by atomic mass is 10.1. The monoisotopic (exact) mass is 254 g/mol. The molecule has 6 nitrogen and oxygen atoms in total. The van der Waals surface area contributed by atoms with Crippen molar-refractivity contribution in [3.8, 4) is 17.2 Å². The molecule has 0 atom stereocenters. The van der Waals surface area contributed by atoms with Crippen LogP contribution in [0.2, 0.25) is 0 Å². The first-order chi connectivity index (χ1) is 8.60. The maximum absolute atomic E-state index is 11.9. The topological polar surface area (TPSA) is 82.8 Å². The predicted molar refractivity (Wildman–Crippen MR) is 68.5 cm³/mol. The van der Waals surface area contributed by atoms with Crippen molar-refractivity contribution in [1.29, 1.82) is 0 Å².